The Morgan fingerprint density at radius 3 is 3.00 bits per heavy atom. The van der Waals surface area contributed by atoms with E-state index in [2.05, 4.69) is 9.88 Å². The van der Waals surface area contributed by atoms with Gasteiger partial charge in [-0.15, -0.1) is 0 Å². The SMILES string of the molecule is Cn1ccnc1CN1CCOCC2(C1)CN(c1cccc(F)c1)C(=O)CO2. The molecule has 2 fully saturated rings. The van der Waals surface area contributed by atoms with E-state index in [1.807, 2.05) is 17.8 Å². The monoisotopic (exact) mass is 374 g/mol. The standard InChI is InChI=1S/C19H23FN4O3/c1-22-6-5-21-17(22)10-23-7-8-26-14-19(12-23)13-24(18(25)11-27-19)16-4-2-3-15(20)9-16/h2-6,9H,7-8,10-14H2,1H3. The Bertz CT molecular complexity index is 827. The van der Waals surface area contributed by atoms with Crippen molar-refractivity contribution in [2.45, 2.75) is 12.1 Å². The summed E-state index contributed by atoms with van der Waals surface area (Å²) in [6.07, 6.45) is 3.70. The van der Waals surface area contributed by atoms with Gasteiger partial charge in [0.25, 0.3) is 5.91 Å². The van der Waals surface area contributed by atoms with E-state index in [0.29, 0.717) is 38.5 Å². The van der Waals surface area contributed by atoms with E-state index in [0.717, 1.165) is 12.4 Å². The lowest BCUT2D eigenvalue weighted by molar-refractivity contribution is -0.146. The quantitative estimate of drug-likeness (QED) is 0.808. The first-order chi connectivity index (χ1) is 13.0. The molecule has 1 atom stereocenters. The van der Waals surface area contributed by atoms with Crippen LogP contribution in [0.4, 0.5) is 10.1 Å². The predicted octanol–water partition coefficient (Wildman–Crippen LogP) is 1.19. The molecular formula is C19H23FN4O3. The second-order valence-electron chi connectivity index (χ2n) is 7.15. The third-order valence-corrected chi connectivity index (χ3v) is 5.08. The summed E-state index contributed by atoms with van der Waals surface area (Å²) in [6.45, 7) is 3.30. The number of ether oxygens (including phenoxy) is 2. The van der Waals surface area contributed by atoms with Crippen molar-refractivity contribution < 1.29 is 18.7 Å². The molecule has 0 aliphatic carbocycles. The maximum absolute atomic E-state index is 13.6. The molecule has 0 saturated carbocycles. The number of rotatable bonds is 3. The number of aromatic nitrogens is 2. The summed E-state index contributed by atoms with van der Waals surface area (Å²) in [7, 11) is 1.97. The molecule has 1 spiro atoms. The van der Waals surface area contributed by atoms with Gasteiger partial charge in [0.2, 0.25) is 0 Å². The van der Waals surface area contributed by atoms with Crippen molar-refractivity contribution in [1.82, 2.24) is 14.5 Å². The molecule has 2 aliphatic heterocycles. The Balaban J connectivity index is 1.55. The molecule has 0 N–H and O–H groups in total. The van der Waals surface area contributed by atoms with Crippen LogP contribution in [0.3, 0.4) is 0 Å². The highest BCUT2D eigenvalue weighted by Crippen LogP contribution is 2.28. The van der Waals surface area contributed by atoms with Gasteiger partial charge in [-0.1, -0.05) is 6.07 Å². The van der Waals surface area contributed by atoms with E-state index >= 15 is 0 Å². The van der Waals surface area contributed by atoms with Crippen LogP contribution in [0.25, 0.3) is 0 Å². The predicted molar refractivity (Wildman–Crippen MR) is 96.7 cm³/mol. The molecule has 144 valence electrons. The molecule has 4 rings (SSSR count). The van der Waals surface area contributed by atoms with Crippen molar-refractivity contribution >= 4 is 11.6 Å². The summed E-state index contributed by atoms with van der Waals surface area (Å²) in [5.74, 6) is 0.418. The molecule has 8 heteroatoms. The van der Waals surface area contributed by atoms with Crippen molar-refractivity contribution in [3.05, 3.63) is 48.3 Å². The number of benzene rings is 1. The summed E-state index contributed by atoms with van der Waals surface area (Å²) < 4.78 is 27.4. The molecule has 1 aromatic heterocycles. The van der Waals surface area contributed by atoms with Gasteiger partial charge in [-0.2, -0.15) is 0 Å². The van der Waals surface area contributed by atoms with Crippen LogP contribution >= 0.6 is 0 Å². The second-order valence-corrected chi connectivity index (χ2v) is 7.15. The minimum atomic E-state index is -0.651. The van der Waals surface area contributed by atoms with E-state index in [1.54, 1.807) is 23.2 Å². The molecular weight excluding hydrogens is 351 g/mol. The van der Waals surface area contributed by atoms with Crippen LogP contribution < -0.4 is 4.90 Å². The van der Waals surface area contributed by atoms with Crippen molar-refractivity contribution in [3.63, 3.8) is 0 Å². The Morgan fingerprint density at radius 1 is 1.33 bits per heavy atom. The van der Waals surface area contributed by atoms with E-state index < -0.39 is 5.60 Å². The molecule has 3 heterocycles. The van der Waals surface area contributed by atoms with E-state index in [1.165, 1.54) is 12.1 Å². The minimum absolute atomic E-state index is 0.0455. The second kappa shape index (κ2) is 7.38. The molecule has 7 nitrogen and oxygen atoms in total. The van der Waals surface area contributed by atoms with Gasteiger partial charge in [-0.05, 0) is 18.2 Å². The van der Waals surface area contributed by atoms with Gasteiger partial charge in [0.1, 0.15) is 23.8 Å². The average molecular weight is 374 g/mol. The number of hydrogen-bond donors (Lipinski definition) is 0. The van der Waals surface area contributed by atoms with Crippen molar-refractivity contribution in [2.24, 2.45) is 7.05 Å². The Hall–Kier alpha value is -2.29. The number of nitrogens with zero attached hydrogens (tertiary/aromatic N) is 4. The maximum atomic E-state index is 13.6. The zero-order chi connectivity index (χ0) is 18.9. The first-order valence-electron chi connectivity index (χ1n) is 9.01. The highest BCUT2D eigenvalue weighted by molar-refractivity contribution is 5.95. The number of carbonyl (C=O) groups is 1. The molecule has 2 saturated heterocycles. The fraction of sp³-hybridized carbons (Fsp3) is 0.474. The lowest BCUT2D eigenvalue weighted by Crippen LogP contribution is -2.60. The Kier molecular flexibility index (Phi) is 4.94. The third-order valence-electron chi connectivity index (χ3n) is 5.08. The number of anilines is 1. The topological polar surface area (TPSA) is 59.8 Å². The molecule has 0 radical (unpaired) electrons. The number of hydrogen-bond acceptors (Lipinski definition) is 5. The van der Waals surface area contributed by atoms with Crippen molar-refractivity contribution in [1.29, 1.82) is 0 Å². The highest BCUT2D eigenvalue weighted by Gasteiger charge is 2.43. The Morgan fingerprint density at radius 2 is 2.22 bits per heavy atom. The average Bonchev–Trinajstić information content (AvgIpc) is 2.94. The van der Waals surface area contributed by atoms with Gasteiger partial charge >= 0.3 is 0 Å². The first kappa shape index (κ1) is 18.1. The lowest BCUT2D eigenvalue weighted by Gasteiger charge is -2.43. The molecule has 1 amide bonds. The van der Waals surface area contributed by atoms with E-state index in [4.69, 9.17) is 9.47 Å². The number of aryl methyl sites for hydroxylation is 1. The normalized spacial score (nSPS) is 24.4. The summed E-state index contributed by atoms with van der Waals surface area (Å²) in [5.41, 5.74) is -0.107. The number of amides is 1. The molecule has 27 heavy (non-hydrogen) atoms. The zero-order valence-corrected chi connectivity index (χ0v) is 15.3. The van der Waals surface area contributed by atoms with Crippen LogP contribution in [0.1, 0.15) is 5.82 Å². The molecule has 2 aliphatic rings. The smallest absolute Gasteiger partial charge is 0.253 e. The van der Waals surface area contributed by atoms with Gasteiger partial charge in [0, 0.05) is 38.2 Å². The van der Waals surface area contributed by atoms with Gasteiger partial charge in [-0.3, -0.25) is 9.69 Å². The Labute approximate surface area is 157 Å². The van der Waals surface area contributed by atoms with Gasteiger partial charge < -0.3 is 18.9 Å². The summed E-state index contributed by atoms with van der Waals surface area (Å²) in [4.78, 5) is 20.6. The summed E-state index contributed by atoms with van der Waals surface area (Å²) in [5, 5.41) is 0. The van der Waals surface area contributed by atoms with Crippen LogP contribution in [-0.4, -0.2) is 65.4 Å². The maximum Gasteiger partial charge on any atom is 0.253 e. The summed E-state index contributed by atoms with van der Waals surface area (Å²) in [6, 6.07) is 6.09. The number of morpholine rings is 1. The van der Waals surface area contributed by atoms with E-state index in [9.17, 15) is 9.18 Å². The zero-order valence-electron chi connectivity index (χ0n) is 15.3. The number of halogens is 1. The third kappa shape index (κ3) is 3.87. The van der Waals surface area contributed by atoms with Crippen molar-refractivity contribution in [2.75, 3.05) is 44.4 Å². The van der Waals surface area contributed by atoms with Crippen LogP contribution in [0.15, 0.2) is 36.7 Å². The van der Waals surface area contributed by atoms with Crippen LogP contribution in [0.2, 0.25) is 0 Å². The molecule has 0 bridgehead atoms. The molecule has 1 unspecified atom stereocenters. The van der Waals surface area contributed by atoms with Gasteiger partial charge in [-0.25, -0.2) is 9.37 Å². The van der Waals surface area contributed by atoms with Crippen molar-refractivity contribution in [3.8, 4) is 0 Å². The number of carbonyl (C=O) groups excluding carboxylic acids is 1. The highest BCUT2D eigenvalue weighted by atomic mass is 19.1. The lowest BCUT2D eigenvalue weighted by atomic mass is 10.0. The van der Waals surface area contributed by atoms with Gasteiger partial charge in [0.15, 0.2) is 0 Å². The fourth-order valence-electron chi connectivity index (χ4n) is 3.64. The summed E-state index contributed by atoms with van der Waals surface area (Å²) >= 11 is 0. The largest absolute Gasteiger partial charge is 0.377 e. The first-order valence-corrected chi connectivity index (χ1v) is 9.01. The van der Waals surface area contributed by atoms with Crippen LogP contribution in [0.5, 0.6) is 0 Å². The van der Waals surface area contributed by atoms with Crippen LogP contribution in [-0.2, 0) is 27.9 Å². The molecule has 2 aromatic rings. The van der Waals surface area contributed by atoms with E-state index in [-0.39, 0.29) is 18.3 Å². The number of imidazole rings is 1. The molecule has 1 aromatic carbocycles. The van der Waals surface area contributed by atoms with Gasteiger partial charge in [0.05, 0.1) is 26.3 Å². The minimum Gasteiger partial charge on any atom is -0.377 e. The van der Waals surface area contributed by atoms with Crippen LogP contribution in [0, 0.1) is 5.82 Å². The fourth-order valence-corrected chi connectivity index (χ4v) is 3.64.